The molecule has 0 aliphatic carbocycles. The van der Waals surface area contributed by atoms with Crippen molar-refractivity contribution in [2.45, 2.75) is 25.8 Å². The van der Waals surface area contributed by atoms with E-state index in [1.165, 1.54) is 0 Å². The van der Waals surface area contributed by atoms with Crippen LogP contribution in [0.25, 0.3) is 0 Å². The molecule has 2 atom stereocenters. The molecule has 1 N–H and O–H groups in total. The van der Waals surface area contributed by atoms with E-state index < -0.39 is 12.0 Å². The molecule has 0 saturated carbocycles. The van der Waals surface area contributed by atoms with Crippen LogP contribution in [0, 0.1) is 5.92 Å². The zero-order valence-electron chi connectivity index (χ0n) is 18.3. The van der Waals surface area contributed by atoms with Crippen LogP contribution >= 0.6 is 15.9 Å². The van der Waals surface area contributed by atoms with E-state index in [1.807, 2.05) is 42.5 Å². The third-order valence-corrected chi connectivity index (χ3v) is 6.41. The second-order valence-electron chi connectivity index (χ2n) is 7.75. The number of fused-ring (bicyclic) bond motifs is 3. The number of rotatable bonds is 6. The van der Waals surface area contributed by atoms with Crippen molar-refractivity contribution in [3.63, 3.8) is 0 Å². The van der Waals surface area contributed by atoms with Gasteiger partial charge in [-0.05, 0) is 46.6 Å². The molecule has 0 aromatic heterocycles. The maximum Gasteiger partial charge on any atom is 0.341 e. The van der Waals surface area contributed by atoms with E-state index in [0.29, 0.717) is 23.7 Å². The number of methoxy groups -OCH3 is 1. The second kappa shape index (κ2) is 9.74. The third-order valence-electron chi connectivity index (χ3n) is 5.79. The van der Waals surface area contributed by atoms with Gasteiger partial charge < -0.3 is 19.7 Å². The molecule has 2 aliphatic rings. The molecule has 4 rings (SSSR count). The molecule has 9 heteroatoms. The lowest BCUT2D eigenvalue weighted by atomic mass is 9.81. The first-order chi connectivity index (χ1) is 15.9. The van der Waals surface area contributed by atoms with Crippen LogP contribution in [-0.2, 0) is 14.3 Å². The molecule has 2 aliphatic heterocycles. The topological polar surface area (TPSA) is 97.3 Å². The number of carbonyl (C=O) groups is 3. The fourth-order valence-electron chi connectivity index (χ4n) is 4.29. The molecule has 2 aromatic carbocycles. The van der Waals surface area contributed by atoms with Gasteiger partial charge in [-0.15, -0.1) is 0 Å². The van der Waals surface area contributed by atoms with E-state index in [4.69, 9.17) is 9.47 Å². The molecular formula is C24H24BrN3O5. The number of urea groups is 1. The van der Waals surface area contributed by atoms with Crippen molar-refractivity contribution in [2.24, 2.45) is 10.9 Å². The molecule has 0 spiro atoms. The first-order valence-electron chi connectivity index (χ1n) is 10.7. The van der Waals surface area contributed by atoms with E-state index in [-0.39, 0.29) is 37.3 Å². The quantitative estimate of drug-likeness (QED) is 0.588. The molecule has 8 nitrogen and oxygen atoms in total. The van der Waals surface area contributed by atoms with Crippen molar-refractivity contribution in [3.8, 4) is 5.75 Å². The maximum absolute atomic E-state index is 13.2. The van der Waals surface area contributed by atoms with Crippen LogP contribution < -0.4 is 15.0 Å². The Balaban J connectivity index is 1.69. The Kier molecular flexibility index (Phi) is 6.78. The van der Waals surface area contributed by atoms with Crippen molar-refractivity contribution in [1.82, 2.24) is 5.32 Å². The van der Waals surface area contributed by atoms with Crippen LogP contribution in [0.3, 0.4) is 0 Å². The Morgan fingerprint density at radius 2 is 2.00 bits per heavy atom. The van der Waals surface area contributed by atoms with E-state index in [9.17, 15) is 14.4 Å². The summed E-state index contributed by atoms with van der Waals surface area (Å²) in [6.07, 6.45) is 0.0556. The first-order valence-corrected chi connectivity index (χ1v) is 11.5. The summed E-state index contributed by atoms with van der Waals surface area (Å²) >= 11 is 3.51. The molecular weight excluding hydrogens is 490 g/mol. The van der Waals surface area contributed by atoms with E-state index in [0.717, 1.165) is 15.6 Å². The number of aliphatic imine (C=N–C) groups is 1. The van der Waals surface area contributed by atoms with Crippen molar-refractivity contribution >= 4 is 45.2 Å². The molecule has 3 amide bonds. The molecule has 2 heterocycles. The number of carbonyl (C=O) groups excluding carboxylic acids is 3. The SMILES string of the molecule is CCOC(=O)CCC(=O)N1CC2C(=NC(=O)NC2c2ccc(OC)c(Br)c2)c2ccccc21. The minimum atomic E-state index is -0.421. The van der Waals surface area contributed by atoms with Crippen LogP contribution in [0.2, 0.25) is 0 Å². The van der Waals surface area contributed by atoms with Gasteiger partial charge in [-0.25, -0.2) is 4.79 Å². The average molecular weight is 514 g/mol. The van der Waals surface area contributed by atoms with Crippen molar-refractivity contribution in [3.05, 3.63) is 58.1 Å². The summed E-state index contributed by atoms with van der Waals surface area (Å²) in [5, 5.41) is 2.95. The van der Waals surface area contributed by atoms with Gasteiger partial charge in [0, 0.05) is 24.4 Å². The molecule has 172 valence electrons. The minimum Gasteiger partial charge on any atom is -0.496 e. The number of para-hydroxylation sites is 1. The normalized spacial score (nSPS) is 19.1. The molecule has 0 bridgehead atoms. The predicted molar refractivity (Wildman–Crippen MR) is 127 cm³/mol. The van der Waals surface area contributed by atoms with Crippen molar-refractivity contribution in [1.29, 1.82) is 0 Å². The standard InChI is InChI=1S/C24H24BrN3O5/c1-3-33-21(30)11-10-20(29)28-13-16-22(14-8-9-19(32-2)17(25)12-14)26-24(31)27-23(16)15-6-4-5-7-18(15)28/h4-9,12,16,22H,3,10-11,13H2,1-2H3,(H,26,31). The molecule has 2 aromatic rings. The van der Waals surface area contributed by atoms with Crippen LogP contribution in [0.4, 0.5) is 10.5 Å². The largest absolute Gasteiger partial charge is 0.496 e. The summed E-state index contributed by atoms with van der Waals surface area (Å²) in [7, 11) is 1.59. The van der Waals surface area contributed by atoms with Crippen molar-refractivity contribution in [2.75, 3.05) is 25.2 Å². The lowest BCUT2D eigenvalue weighted by Crippen LogP contribution is -2.51. The smallest absolute Gasteiger partial charge is 0.341 e. The van der Waals surface area contributed by atoms with E-state index in [2.05, 4.69) is 26.2 Å². The van der Waals surface area contributed by atoms with Gasteiger partial charge in [-0.2, -0.15) is 4.99 Å². The highest BCUT2D eigenvalue weighted by atomic mass is 79.9. The summed E-state index contributed by atoms with van der Waals surface area (Å²) in [5.74, 6) is -0.158. The zero-order chi connectivity index (χ0) is 23.5. The highest BCUT2D eigenvalue weighted by molar-refractivity contribution is 9.10. The van der Waals surface area contributed by atoms with Crippen LogP contribution in [0.15, 0.2) is 51.9 Å². The highest BCUT2D eigenvalue weighted by Crippen LogP contribution is 2.39. The Morgan fingerprint density at radius 1 is 1.21 bits per heavy atom. The third kappa shape index (κ3) is 4.64. The number of anilines is 1. The minimum absolute atomic E-state index is 0.0164. The predicted octanol–water partition coefficient (Wildman–Crippen LogP) is 4.02. The number of nitrogens with one attached hydrogen (secondary N) is 1. The lowest BCUT2D eigenvalue weighted by molar-refractivity contribution is -0.144. The second-order valence-corrected chi connectivity index (χ2v) is 8.61. The van der Waals surface area contributed by atoms with Gasteiger partial charge in [0.1, 0.15) is 5.75 Å². The number of nitrogens with zero attached hydrogens (tertiary/aromatic N) is 2. The van der Waals surface area contributed by atoms with E-state index >= 15 is 0 Å². The number of hydrogen-bond acceptors (Lipinski definition) is 5. The van der Waals surface area contributed by atoms with Crippen LogP contribution in [-0.4, -0.2) is 43.9 Å². The fourth-order valence-corrected chi connectivity index (χ4v) is 4.85. The maximum atomic E-state index is 13.2. The number of amides is 3. The van der Waals surface area contributed by atoms with Gasteiger partial charge >= 0.3 is 12.0 Å². The number of halogens is 1. The lowest BCUT2D eigenvalue weighted by Gasteiger charge is -2.41. The van der Waals surface area contributed by atoms with E-state index in [1.54, 1.807) is 18.9 Å². The van der Waals surface area contributed by atoms with Crippen molar-refractivity contribution < 1.29 is 23.9 Å². The Morgan fingerprint density at radius 3 is 2.73 bits per heavy atom. The van der Waals surface area contributed by atoms with Crippen LogP contribution in [0.5, 0.6) is 5.75 Å². The summed E-state index contributed by atoms with van der Waals surface area (Å²) in [4.78, 5) is 43.4. The Hall–Kier alpha value is -3.20. The number of benzene rings is 2. The molecule has 33 heavy (non-hydrogen) atoms. The Labute approximate surface area is 200 Å². The summed E-state index contributed by atoms with van der Waals surface area (Å²) < 4.78 is 11.0. The van der Waals surface area contributed by atoms with Gasteiger partial charge in [-0.1, -0.05) is 24.3 Å². The summed E-state index contributed by atoms with van der Waals surface area (Å²) in [5.41, 5.74) is 2.95. The molecule has 0 radical (unpaired) electrons. The highest BCUT2D eigenvalue weighted by Gasteiger charge is 2.41. The Bertz CT molecular complexity index is 1130. The molecule has 0 saturated heterocycles. The zero-order valence-corrected chi connectivity index (χ0v) is 19.9. The van der Waals surface area contributed by atoms with Gasteiger partial charge in [0.05, 0.1) is 42.1 Å². The summed E-state index contributed by atoms with van der Waals surface area (Å²) in [6, 6.07) is 12.2. The van der Waals surface area contributed by atoms with Gasteiger partial charge in [0.25, 0.3) is 0 Å². The van der Waals surface area contributed by atoms with Gasteiger partial charge in [0.15, 0.2) is 0 Å². The summed E-state index contributed by atoms with van der Waals surface area (Å²) in [6.45, 7) is 2.34. The molecule has 2 unspecified atom stereocenters. The fraction of sp³-hybridized carbons (Fsp3) is 0.333. The number of esters is 1. The van der Waals surface area contributed by atoms with Gasteiger partial charge in [0.2, 0.25) is 5.91 Å². The molecule has 0 fully saturated rings. The van der Waals surface area contributed by atoms with Gasteiger partial charge in [-0.3, -0.25) is 9.59 Å². The average Bonchev–Trinajstić information content (AvgIpc) is 2.81. The van der Waals surface area contributed by atoms with Crippen LogP contribution in [0.1, 0.15) is 36.9 Å². The first kappa shape index (κ1) is 23.0. The number of ether oxygens (including phenoxy) is 2. The number of hydrogen-bond donors (Lipinski definition) is 1. The monoisotopic (exact) mass is 513 g/mol.